The number of piperidine rings is 1. The van der Waals surface area contributed by atoms with Crippen molar-refractivity contribution < 1.29 is 0 Å². The molecule has 0 spiro atoms. The molecule has 14 heavy (non-hydrogen) atoms. The average Bonchev–Trinajstić information content (AvgIpc) is 2.13. The van der Waals surface area contributed by atoms with Gasteiger partial charge in [-0.25, -0.2) is 0 Å². The number of rotatable bonds is 4. The Morgan fingerprint density at radius 2 is 2.14 bits per heavy atom. The molecule has 84 valence electrons. The lowest BCUT2D eigenvalue weighted by Crippen LogP contribution is -2.48. The van der Waals surface area contributed by atoms with Crippen LogP contribution in [0.15, 0.2) is 0 Å². The molecule has 2 heteroatoms. The molecular weight excluding hydrogens is 172 g/mol. The van der Waals surface area contributed by atoms with Gasteiger partial charge in [-0.2, -0.15) is 0 Å². The fourth-order valence-electron chi connectivity index (χ4n) is 2.44. The maximum absolute atomic E-state index is 3.49. The van der Waals surface area contributed by atoms with Crippen LogP contribution in [0.25, 0.3) is 0 Å². The summed E-state index contributed by atoms with van der Waals surface area (Å²) in [6.45, 7) is 12.8. The minimum atomic E-state index is 0.632. The van der Waals surface area contributed by atoms with Crippen LogP contribution in [0, 0.1) is 5.92 Å². The second-order valence-electron chi connectivity index (χ2n) is 4.81. The summed E-state index contributed by atoms with van der Waals surface area (Å²) in [5.41, 5.74) is 0. The van der Waals surface area contributed by atoms with Crippen molar-refractivity contribution in [2.24, 2.45) is 5.92 Å². The van der Waals surface area contributed by atoms with E-state index in [1.165, 1.54) is 25.9 Å². The molecule has 1 aliphatic heterocycles. The van der Waals surface area contributed by atoms with Gasteiger partial charge in [0.15, 0.2) is 0 Å². The third-order valence-corrected chi connectivity index (χ3v) is 3.57. The lowest BCUT2D eigenvalue weighted by Gasteiger charge is -2.39. The quantitative estimate of drug-likeness (QED) is 0.744. The molecule has 0 aromatic carbocycles. The van der Waals surface area contributed by atoms with Crippen LogP contribution in [0.2, 0.25) is 0 Å². The van der Waals surface area contributed by atoms with E-state index >= 15 is 0 Å². The molecular formula is C12H26N2. The van der Waals surface area contributed by atoms with Gasteiger partial charge in [-0.3, -0.25) is 4.90 Å². The topological polar surface area (TPSA) is 15.3 Å². The fourth-order valence-corrected chi connectivity index (χ4v) is 2.44. The predicted molar refractivity (Wildman–Crippen MR) is 62.6 cm³/mol. The summed E-state index contributed by atoms with van der Waals surface area (Å²) in [5.74, 6) is 0.873. The molecule has 0 amide bonds. The van der Waals surface area contributed by atoms with Crippen molar-refractivity contribution in [3.63, 3.8) is 0 Å². The van der Waals surface area contributed by atoms with E-state index in [0.29, 0.717) is 6.04 Å². The zero-order valence-electron chi connectivity index (χ0n) is 10.2. The van der Waals surface area contributed by atoms with Crippen LogP contribution in [0.1, 0.15) is 40.5 Å². The van der Waals surface area contributed by atoms with Crippen molar-refractivity contribution in [1.82, 2.24) is 10.2 Å². The fraction of sp³-hybridized carbons (Fsp3) is 1.00. The Morgan fingerprint density at radius 3 is 2.79 bits per heavy atom. The standard InChI is InChI=1S/C12H26N2/c1-5-13-11(3)9-14-8-6-7-10(2)12(14)4/h10-13H,5-9H2,1-4H3. The van der Waals surface area contributed by atoms with Gasteiger partial charge < -0.3 is 5.32 Å². The van der Waals surface area contributed by atoms with Crippen molar-refractivity contribution in [3.8, 4) is 0 Å². The first-order valence-electron chi connectivity index (χ1n) is 6.12. The highest BCUT2D eigenvalue weighted by Gasteiger charge is 2.25. The molecule has 3 unspecified atom stereocenters. The second kappa shape index (κ2) is 5.72. The Morgan fingerprint density at radius 1 is 1.43 bits per heavy atom. The van der Waals surface area contributed by atoms with Crippen molar-refractivity contribution in [2.75, 3.05) is 19.6 Å². The maximum Gasteiger partial charge on any atom is 0.0166 e. The molecule has 1 N–H and O–H groups in total. The number of likely N-dealkylation sites (N-methyl/N-ethyl adjacent to an activating group) is 1. The van der Waals surface area contributed by atoms with E-state index in [-0.39, 0.29) is 0 Å². The van der Waals surface area contributed by atoms with Crippen LogP contribution in [0.3, 0.4) is 0 Å². The Balaban J connectivity index is 2.35. The smallest absolute Gasteiger partial charge is 0.0166 e. The summed E-state index contributed by atoms with van der Waals surface area (Å²) in [4.78, 5) is 2.64. The zero-order chi connectivity index (χ0) is 10.6. The Bertz CT molecular complexity index is 158. The van der Waals surface area contributed by atoms with Crippen LogP contribution in [0.4, 0.5) is 0 Å². The minimum Gasteiger partial charge on any atom is -0.313 e. The van der Waals surface area contributed by atoms with Crippen LogP contribution in [-0.4, -0.2) is 36.6 Å². The van der Waals surface area contributed by atoms with E-state index in [4.69, 9.17) is 0 Å². The normalized spacial score (nSPS) is 31.7. The van der Waals surface area contributed by atoms with Crippen LogP contribution >= 0.6 is 0 Å². The van der Waals surface area contributed by atoms with E-state index in [9.17, 15) is 0 Å². The zero-order valence-corrected chi connectivity index (χ0v) is 10.2. The van der Waals surface area contributed by atoms with Gasteiger partial charge in [0.25, 0.3) is 0 Å². The van der Waals surface area contributed by atoms with Crippen molar-refractivity contribution in [1.29, 1.82) is 0 Å². The van der Waals surface area contributed by atoms with Crippen LogP contribution < -0.4 is 5.32 Å². The summed E-state index contributed by atoms with van der Waals surface area (Å²) in [5, 5.41) is 3.49. The molecule has 1 rings (SSSR count). The summed E-state index contributed by atoms with van der Waals surface area (Å²) in [6.07, 6.45) is 2.79. The van der Waals surface area contributed by atoms with Gasteiger partial charge in [0.1, 0.15) is 0 Å². The first kappa shape index (κ1) is 12.0. The number of likely N-dealkylation sites (tertiary alicyclic amines) is 1. The van der Waals surface area contributed by atoms with Crippen molar-refractivity contribution in [3.05, 3.63) is 0 Å². The van der Waals surface area contributed by atoms with Gasteiger partial charge in [-0.1, -0.05) is 13.8 Å². The first-order chi connectivity index (χ1) is 6.65. The van der Waals surface area contributed by atoms with Gasteiger partial charge in [0.05, 0.1) is 0 Å². The van der Waals surface area contributed by atoms with Crippen molar-refractivity contribution >= 4 is 0 Å². The summed E-state index contributed by atoms with van der Waals surface area (Å²) < 4.78 is 0. The third kappa shape index (κ3) is 3.25. The Hall–Kier alpha value is -0.0800. The molecule has 0 aromatic heterocycles. The predicted octanol–water partition coefficient (Wildman–Crippen LogP) is 2.10. The maximum atomic E-state index is 3.49. The monoisotopic (exact) mass is 198 g/mol. The van der Waals surface area contributed by atoms with Gasteiger partial charge in [0, 0.05) is 18.6 Å². The van der Waals surface area contributed by atoms with Crippen molar-refractivity contribution in [2.45, 2.75) is 52.6 Å². The highest BCUT2D eigenvalue weighted by molar-refractivity contribution is 4.80. The molecule has 0 radical (unpaired) electrons. The van der Waals surface area contributed by atoms with E-state index < -0.39 is 0 Å². The summed E-state index contributed by atoms with van der Waals surface area (Å²) in [6, 6.07) is 1.40. The van der Waals surface area contributed by atoms with E-state index in [2.05, 4.69) is 37.9 Å². The molecule has 1 heterocycles. The lowest BCUT2D eigenvalue weighted by molar-refractivity contribution is 0.104. The SMILES string of the molecule is CCNC(C)CN1CCCC(C)C1C. The van der Waals surface area contributed by atoms with Gasteiger partial charge in [-0.05, 0) is 45.7 Å². The first-order valence-corrected chi connectivity index (χ1v) is 6.12. The van der Waals surface area contributed by atoms with E-state index in [1.807, 2.05) is 0 Å². The molecule has 3 atom stereocenters. The molecule has 0 aromatic rings. The summed E-state index contributed by atoms with van der Waals surface area (Å²) >= 11 is 0. The van der Waals surface area contributed by atoms with Crippen LogP contribution in [-0.2, 0) is 0 Å². The highest BCUT2D eigenvalue weighted by atomic mass is 15.2. The molecule has 2 nitrogen and oxygen atoms in total. The molecule has 1 saturated heterocycles. The number of nitrogens with one attached hydrogen (secondary N) is 1. The molecule has 0 bridgehead atoms. The second-order valence-corrected chi connectivity index (χ2v) is 4.81. The Labute approximate surface area is 89.1 Å². The number of nitrogens with zero attached hydrogens (tertiary/aromatic N) is 1. The van der Waals surface area contributed by atoms with Gasteiger partial charge in [0.2, 0.25) is 0 Å². The average molecular weight is 198 g/mol. The molecule has 1 fully saturated rings. The largest absolute Gasteiger partial charge is 0.313 e. The minimum absolute atomic E-state index is 0.632. The molecule has 1 aliphatic rings. The van der Waals surface area contributed by atoms with Gasteiger partial charge >= 0.3 is 0 Å². The molecule has 0 saturated carbocycles. The van der Waals surface area contributed by atoms with Gasteiger partial charge in [-0.15, -0.1) is 0 Å². The van der Waals surface area contributed by atoms with E-state index in [0.717, 1.165) is 18.5 Å². The lowest BCUT2D eigenvalue weighted by atomic mass is 9.92. The molecule has 0 aliphatic carbocycles. The summed E-state index contributed by atoms with van der Waals surface area (Å²) in [7, 11) is 0. The van der Waals surface area contributed by atoms with Crippen LogP contribution in [0.5, 0.6) is 0 Å². The number of hydrogen-bond donors (Lipinski definition) is 1. The Kier molecular flexibility index (Phi) is 4.90. The highest BCUT2D eigenvalue weighted by Crippen LogP contribution is 2.22. The third-order valence-electron chi connectivity index (χ3n) is 3.57. The number of hydrogen-bond acceptors (Lipinski definition) is 2. The van der Waals surface area contributed by atoms with E-state index in [1.54, 1.807) is 0 Å².